The topological polar surface area (TPSA) is 157 Å². The minimum atomic E-state index is -1.19. The van der Waals surface area contributed by atoms with Gasteiger partial charge in [0.2, 0.25) is 0 Å². The summed E-state index contributed by atoms with van der Waals surface area (Å²) in [4.78, 5) is 46.1. The number of nitro benzene ring substituents is 1. The average Bonchev–Trinajstić information content (AvgIpc) is 3.25. The van der Waals surface area contributed by atoms with Gasteiger partial charge in [-0.1, -0.05) is 48.5 Å². The number of aliphatic carboxylic acids is 1. The third kappa shape index (κ3) is 6.89. The van der Waals surface area contributed by atoms with Gasteiger partial charge in [0.1, 0.15) is 18.4 Å². The molecule has 2 amide bonds. The Morgan fingerprint density at radius 2 is 1.51 bits per heavy atom. The number of fused-ring (bicyclic) bond motifs is 3. The maximum Gasteiger partial charge on any atom is 0.412 e. The van der Waals surface area contributed by atoms with Crippen molar-refractivity contribution in [2.75, 3.05) is 13.2 Å². The molecule has 1 unspecified atom stereocenters. The van der Waals surface area contributed by atoms with E-state index in [1.807, 2.05) is 48.5 Å². The van der Waals surface area contributed by atoms with Crippen LogP contribution in [0, 0.1) is 10.1 Å². The van der Waals surface area contributed by atoms with E-state index in [9.17, 15) is 29.6 Å². The van der Waals surface area contributed by atoms with Crippen molar-refractivity contribution in [3.8, 4) is 16.9 Å². The molecule has 0 fully saturated rings. The van der Waals surface area contributed by atoms with E-state index < -0.39 is 29.1 Å². The first-order valence-corrected chi connectivity index (χ1v) is 12.4. The van der Waals surface area contributed by atoms with Crippen LogP contribution in [0.15, 0.2) is 72.8 Å². The second kappa shape index (κ2) is 12.5. The zero-order chi connectivity index (χ0) is 27.8. The number of hydrogen-bond acceptors (Lipinski definition) is 7. The largest absolute Gasteiger partial charge is 0.480 e. The van der Waals surface area contributed by atoms with Crippen LogP contribution in [0.25, 0.3) is 11.1 Å². The van der Waals surface area contributed by atoms with Gasteiger partial charge in [-0.25, -0.2) is 14.4 Å². The van der Waals surface area contributed by atoms with Crippen molar-refractivity contribution < 1.29 is 33.9 Å². The first-order chi connectivity index (χ1) is 18.8. The summed E-state index contributed by atoms with van der Waals surface area (Å²) in [7, 11) is 0. The second-order valence-corrected chi connectivity index (χ2v) is 8.92. The molecule has 3 aromatic rings. The minimum absolute atomic E-state index is 0.0764. The molecule has 0 heterocycles. The van der Waals surface area contributed by atoms with Crippen LogP contribution in [0.4, 0.5) is 15.3 Å². The summed E-state index contributed by atoms with van der Waals surface area (Å²) in [5.74, 6) is -1.17. The Balaban J connectivity index is 1.19. The van der Waals surface area contributed by atoms with Crippen molar-refractivity contribution in [2.45, 2.75) is 31.2 Å². The Hall–Kier alpha value is -4.93. The number of benzene rings is 3. The van der Waals surface area contributed by atoms with Crippen molar-refractivity contribution >= 4 is 23.8 Å². The predicted molar refractivity (Wildman–Crippen MR) is 141 cm³/mol. The van der Waals surface area contributed by atoms with E-state index in [4.69, 9.17) is 9.47 Å². The predicted octanol–water partition coefficient (Wildman–Crippen LogP) is 4.85. The Kier molecular flexibility index (Phi) is 8.72. The molecule has 0 bridgehead atoms. The standard InChI is InChI=1S/C28H27N3O8/c32-26(33)25(11-5-6-16-29-27(34)39-19-14-12-18(13-15-19)31(36)37)30-28(35)38-17-24-22-9-3-1-7-20(22)21-8-2-4-10-23(21)24/h1-4,7-10,12-15,24-25H,5-6,11,16-17H2,(H,29,34)(H,30,35)(H,32,33). The van der Waals surface area contributed by atoms with Gasteiger partial charge in [0.15, 0.2) is 0 Å². The van der Waals surface area contributed by atoms with E-state index in [-0.39, 0.29) is 36.9 Å². The summed E-state index contributed by atoms with van der Waals surface area (Å²) in [6.07, 6.45) is -0.577. The number of non-ortho nitro benzene ring substituents is 1. The van der Waals surface area contributed by atoms with E-state index in [0.717, 1.165) is 22.3 Å². The van der Waals surface area contributed by atoms with Crippen LogP contribution in [0.2, 0.25) is 0 Å². The molecule has 1 aliphatic rings. The van der Waals surface area contributed by atoms with Crippen molar-refractivity contribution in [3.05, 3.63) is 94.0 Å². The highest BCUT2D eigenvalue weighted by Crippen LogP contribution is 2.44. The fourth-order valence-electron chi connectivity index (χ4n) is 4.48. The highest BCUT2D eigenvalue weighted by molar-refractivity contribution is 5.81. The zero-order valence-corrected chi connectivity index (χ0v) is 20.9. The third-order valence-corrected chi connectivity index (χ3v) is 6.38. The SMILES string of the molecule is O=C(NC(CCCCNC(=O)Oc1ccc([N+](=O)[O-])cc1)C(=O)O)OCC1c2ccccc2-c2ccccc21. The van der Waals surface area contributed by atoms with E-state index in [1.165, 1.54) is 24.3 Å². The lowest BCUT2D eigenvalue weighted by atomic mass is 9.98. The molecule has 0 aliphatic heterocycles. The number of carbonyl (C=O) groups is 3. The monoisotopic (exact) mass is 533 g/mol. The molecule has 11 nitrogen and oxygen atoms in total. The fourth-order valence-corrected chi connectivity index (χ4v) is 4.48. The number of hydrogen-bond donors (Lipinski definition) is 3. The second-order valence-electron chi connectivity index (χ2n) is 8.92. The van der Waals surface area contributed by atoms with Crippen LogP contribution >= 0.6 is 0 Å². The van der Waals surface area contributed by atoms with Gasteiger partial charge in [0, 0.05) is 24.6 Å². The summed E-state index contributed by atoms with van der Waals surface area (Å²) in [6.45, 7) is 0.288. The molecule has 4 rings (SSSR count). The Labute approximate surface area is 223 Å². The number of nitro groups is 1. The van der Waals surface area contributed by atoms with Gasteiger partial charge >= 0.3 is 18.2 Å². The van der Waals surface area contributed by atoms with Gasteiger partial charge < -0.3 is 25.2 Å². The molecule has 202 valence electrons. The highest BCUT2D eigenvalue weighted by Gasteiger charge is 2.29. The van der Waals surface area contributed by atoms with Crippen LogP contribution in [0.3, 0.4) is 0 Å². The molecule has 39 heavy (non-hydrogen) atoms. The van der Waals surface area contributed by atoms with E-state index in [2.05, 4.69) is 10.6 Å². The van der Waals surface area contributed by atoms with Crippen LogP contribution in [0.5, 0.6) is 5.75 Å². The van der Waals surface area contributed by atoms with Gasteiger partial charge in [0.05, 0.1) is 4.92 Å². The number of alkyl carbamates (subject to hydrolysis) is 1. The molecule has 0 radical (unpaired) electrons. The van der Waals surface area contributed by atoms with E-state index >= 15 is 0 Å². The van der Waals surface area contributed by atoms with E-state index in [1.54, 1.807) is 0 Å². The zero-order valence-electron chi connectivity index (χ0n) is 20.9. The molecule has 3 aromatic carbocycles. The number of rotatable bonds is 11. The molecular formula is C28H27N3O8. The number of nitrogens with zero attached hydrogens (tertiary/aromatic N) is 1. The summed E-state index contributed by atoms with van der Waals surface area (Å²) < 4.78 is 10.5. The van der Waals surface area contributed by atoms with Crippen LogP contribution in [-0.2, 0) is 9.53 Å². The molecule has 1 aliphatic carbocycles. The first kappa shape index (κ1) is 27.1. The number of nitrogens with one attached hydrogen (secondary N) is 2. The summed E-state index contributed by atoms with van der Waals surface area (Å²) in [5, 5.41) is 25.1. The maximum absolute atomic E-state index is 12.4. The lowest BCUT2D eigenvalue weighted by Gasteiger charge is -2.17. The van der Waals surface area contributed by atoms with Gasteiger partial charge in [-0.2, -0.15) is 0 Å². The molecule has 0 saturated heterocycles. The number of carbonyl (C=O) groups excluding carboxylic acids is 2. The van der Waals surface area contributed by atoms with E-state index in [0.29, 0.717) is 12.8 Å². The molecule has 0 aromatic heterocycles. The van der Waals surface area contributed by atoms with Crippen LogP contribution in [-0.4, -0.2) is 47.4 Å². The lowest BCUT2D eigenvalue weighted by molar-refractivity contribution is -0.384. The molecule has 0 spiro atoms. The quantitative estimate of drug-likeness (QED) is 0.179. The highest BCUT2D eigenvalue weighted by atomic mass is 16.6. The number of ether oxygens (including phenoxy) is 2. The number of amides is 2. The fraction of sp³-hybridized carbons (Fsp3) is 0.250. The normalized spacial score (nSPS) is 12.5. The van der Waals surface area contributed by atoms with Crippen LogP contribution in [0.1, 0.15) is 36.3 Å². The molecular weight excluding hydrogens is 506 g/mol. The molecule has 3 N–H and O–H groups in total. The average molecular weight is 534 g/mol. The van der Waals surface area contributed by atoms with Gasteiger partial charge in [-0.15, -0.1) is 0 Å². The lowest BCUT2D eigenvalue weighted by Crippen LogP contribution is -2.41. The number of unbranched alkanes of at least 4 members (excludes halogenated alkanes) is 1. The van der Waals surface area contributed by atoms with Crippen molar-refractivity contribution in [2.24, 2.45) is 0 Å². The molecule has 0 saturated carbocycles. The van der Waals surface area contributed by atoms with Gasteiger partial charge in [-0.05, 0) is 53.6 Å². The van der Waals surface area contributed by atoms with Gasteiger partial charge in [0.25, 0.3) is 5.69 Å². The molecule has 1 atom stereocenters. The van der Waals surface area contributed by atoms with Crippen molar-refractivity contribution in [1.82, 2.24) is 10.6 Å². The number of carboxylic acids is 1. The molecule has 11 heteroatoms. The maximum atomic E-state index is 12.4. The van der Waals surface area contributed by atoms with Crippen LogP contribution < -0.4 is 15.4 Å². The van der Waals surface area contributed by atoms with Crippen molar-refractivity contribution in [1.29, 1.82) is 0 Å². The summed E-state index contributed by atoms with van der Waals surface area (Å²) >= 11 is 0. The van der Waals surface area contributed by atoms with Crippen molar-refractivity contribution in [3.63, 3.8) is 0 Å². The smallest absolute Gasteiger partial charge is 0.412 e. The Morgan fingerprint density at radius 1 is 0.897 bits per heavy atom. The first-order valence-electron chi connectivity index (χ1n) is 12.4. The summed E-state index contributed by atoms with van der Waals surface area (Å²) in [5.41, 5.74) is 4.18. The minimum Gasteiger partial charge on any atom is -0.480 e. The van der Waals surface area contributed by atoms with Gasteiger partial charge in [-0.3, -0.25) is 10.1 Å². The Bertz CT molecular complexity index is 1310. The third-order valence-electron chi connectivity index (χ3n) is 6.38. The summed E-state index contributed by atoms with van der Waals surface area (Å²) in [6, 6.07) is 19.7. The number of carboxylic acid groups (broad SMARTS) is 1. The Morgan fingerprint density at radius 3 is 2.10 bits per heavy atom.